The van der Waals surface area contributed by atoms with E-state index in [0.29, 0.717) is 40.1 Å². The van der Waals surface area contributed by atoms with Gasteiger partial charge in [-0.1, -0.05) is 30.7 Å². The lowest BCUT2D eigenvalue weighted by atomic mass is 10.2. The topological polar surface area (TPSA) is 89.8 Å². The Kier molecular flexibility index (Phi) is 6.98. The van der Waals surface area contributed by atoms with Gasteiger partial charge in [0.05, 0.1) is 17.8 Å². The molecule has 2 amide bonds. The molecule has 0 aliphatic carbocycles. The second-order valence-corrected chi connectivity index (χ2v) is 6.66. The fraction of sp³-hybridized carbons (Fsp3) is 0.182. The molecule has 2 N–H and O–H groups in total. The minimum absolute atomic E-state index is 0.104. The highest BCUT2D eigenvalue weighted by Crippen LogP contribution is 2.28. The number of benzene rings is 2. The van der Waals surface area contributed by atoms with Crippen molar-refractivity contribution >= 4 is 34.8 Å². The summed E-state index contributed by atoms with van der Waals surface area (Å²) in [6, 6.07) is 15.3. The van der Waals surface area contributed by atoms with Gasteiger partial charge in [0.1, 0.15) is 12.4 Å². The predicted molar refractivity (Wildman–Crippen MR) is 114 cm³/mol. The molecule has 8 heteroatoms. The summed E-state index contributed by atoms with van der Waals surface area (Å²) < 4.78 is 16.5. The van der Waals surface area contributed by atoms with Gasteiger partial charge in [0.15, 0.2) is 17.3 Å². The highest BCUT2D eigenvalue weighted by Gasteiger charge is 2.15. The number of hydrogen-bond acceptors (Lipinski definition) is 5. The van der Waals surface area contributed by atoms with Crippen molar-refractivity contribution in [3.8, 4) is 11.5 Å². The average Bonchev–Trinajstić information content (AvgIpc) is 3.24. The summed E-state index contributed by atoms with van der Waals surface area (Å²) in [4.78, 5) is 24.1. The van der Waals surface area contributed by atoms with Crippen molar-refractivity contribution in [1.82, 2.24) is 0 Å². The molecule has 0 saturated heterocycles. The number of nitrogens with one attached hydrogen (secondary N) is 2. The molecular weight excluding hydrogens is 408 g/mol. The summed E-state index contributed by atoms with van der Waals surface area (Å²) in [5, 5.41) is 5.74. The summed E-state index contributed by atoms with van der Waals surface area (Å²) >= 11 is 6.16. The van der Waals surface area contributed by atoms with E-state index in [9.17, 15) is 9.59 Å². The van der Waals surface area contributed by atoms with E-state index in [1.54, 1.807) is 56.5 Å². The van der Waals surface area contributed by atoms with Crippen molar-refractivity contribution in [3.63, 3.8) is 0 Å². The Bertz CT molecular complexity index is 1050. The Morgan fingerprint density at radius 2 is 1.80 bits per heavy atom. The van der Waals surface area contributed by atoms with Crippen molar-refractivity contribution in [2.75, 3.05) is 17.7 Å². The molecule has 7 nitrogen and oxygen atoms in total. The molecule has 30 heavy (non-hydrogen) atoms. The average molecular weight is 429 g/mol. The third-order valence-corrected chi connectivity index (χ3v) is 4.47. The molecule has 2 aromatic carbocycles. The van der Waals surface area contributed by atoms with Crippen LogP contribution in [-0.2, 0) is 11.4 Å². The van der Waals surface area contributed by atoms with E-state index in [-0.39, 0.29) is 18.3 Å². The molecule has 0 spiro atoms. The summed E-state index contributed by atoms with van der Waals surface area (Å²) in [5.41, 5.74) is 0.894. The van der Waals surface area contributed by atoms with Gasteiger partial charge in [0, 0.05) is 12.1 Å². The fourth-order valence-electron chi connectivity index (χ4n) is 2.60. The van der Waals surface area contributed by atoms with E-state index < -0.39 is 5.91 Å². The van der Waals surface area contributed by atoms with E-state index in [2.05, 4.69) is 10.6 Å². The molecule has 0 bridgehead atoms. The smallest absolute Gasteiger partial charge is 0.291 e. The number of anilines is 2. The third-order valence-electron chi connectivity index (χ3n) is 4.14. The van der Waals surface area contributed by atoms with E-state index >= 15 is 0 Å². The highest BCUT2D eigenvalue weighted by atomic mass is 35.5. The molecule has 3 aromatic rings. The van der Waals surface area contributed by atoms with Crippen LogP contribution in [0.25, 0.3) is 0 Å². The Morgan fingerprint density at radius 3 is 2.53 bits per heavy atom. The maximum atomic E-state index is 12.5. The van der Waals surface area contributed by atoms with Crippen LogP contribution in [-0.4, -0.2) is 18.9 Å². The highest BCUT2D eigenvalue weighted by molar-refractivity contribution is 6.34. The van der Waals surface area contributed by atoms with Gasteiger partial charge in [0.25, 0.3) is 5.91 Å². The first-order chi connectivity index (χ1) is 14.5. The maximum absolute atomic E-state index is 12.5. The van der Waals surface area contributed by atoms with Crippen LogP contribution >= 0.6 is 11.6 Å². The number of carbonyl (C=O) groups excluding carboxylic acids is 2. The van der Waals surface area contributed by atoms with Crippen molar-refractivity contribution in [2.24, 2.45) is 0 Å². The van der Waals surface area contributed by atoms with Crippen molar-refractivity contribution in [3.05, 3.63) is 71.1 Å². The predicted octanol–water partition coefficient (Wildman–Crippen LogP) is 5.12. The standard InChI is InChI=1S/C22H21ClN2O5/c1-3-21(26)24-14-8-10-16(23)17(12-14)25-22(27)20-11-9-15(30-20)13-29-19-7-5-4-6-18(19)28-2/h4-12H,3,13H2,1-2H3,(H,24,26)(H,25,27). The lowest BCUT2D eigenvalue weighted by Crippen LogP contribution is -2.13. The summed E-state index contributed by atoms with van der Waals surface area (Å²) in [6.45, 7) is 1.88. The van der Waals surface area contributed by atoms with Crippen molar-refractivity contribution in [1.29, 1.82) is 0 Å². The molecular formula is C22H21ClN2O5. The number of hydrogen-bond donors (Lipinski definition) is 2. The molecule has 156 valence electrons. The molecule has 0 radical (unpaired) electrons. The zero-order valence-electron chi connectivity index (χ0n) is 16.5. The van der Waals surface area contributed by atoms with E-state index in [0.717, 1.165) is 0 Å². The molecule has 0 saturated carbocycles. The molecule has 0 atom stereocenters. The molecule has 0 unspecified atom stereocenters. The maximum Gasteiger partial charge on any atom is 0.291 e. The zero-order valence-corrected chi connectivity index (χ0v) is 17.3. The minimum Gasteiger partial charge on any atom is -0.493 e. The van der Waals surface area contributed by atoms with Gasteiger partial charge in [0.2, 0.25) is 5.91 Å². The number of rotatable bonds is 8. The van der Waals surface area contributed by atoms with Gasteiger partial charge < -0.3 is 24.5 Å². The number of furan rings is 1. The van der Waals surface area contributed by atoms with E-state index in [4.69, 9.17) is 25.5 Å². The second kappa shape index (κ2) is 9.84. The lowest BCUT2D eigenvalue weighted by Gasteiger charge is -2.10. The molecule has 0 aliphatic heterocycles. The number of para-hydroxylation sites is 2. The Labute approximate surface area is 178 Å². The number of halogens is 1. The van der Waals surface area contributed by atoms with Gasteiger partial charge in [-0.15, -0.1) is 0 Å². The van der Waals surface area contributed by atoms with Gasteiger partial charge in [-0.05, 0) is 42.5 Å². The molecule has 1 aromatic heterocycles. The van der Waals surface area contributed by atoms with Crippen LogP contribution in [0.1, 0.15) is 29.7 Å². The van der Waals surface area contributed by atoms with Crippen LogP contribution in [0, 0.1) is 0 Å². The second-order valence-electron chi connectivity index (χ2n) is 6.26. The fourth-order valence-corrected chi connectivity index (χ4v) is 2.76. The normalized spacial score (nSPS) is 10.4. The molecule has 0 aliphatic rings. The van der Waals surface area contributed by atoms with Crippen LogP contribution in [0.3, 0.4) is 0 Å². The number of ether oxygens (including phenoxy) is 2. The Hall–Kier alpha value is -3.45. The first-order valence-corrected chi connectivity index (χ1v) is 9.63. The molecule has 1 heterocycles. The SMILES string of the molecule is CCC(=O)Nc1ccc(Cl)c(NC(=O)c2ccc(COc3ccccc3OC)o2)c1. The summed E-state index contributed by atoms with van der Waals surface area (Å²) in [5.74, 6) is 1.14. The Morgan fingerprint density at radius 1 is 1.03 bits per heavy atom. The molecule has 0 fully saturated rings. The van der Waals surface area contributed by atoms with Gasteiger partial charge in [-0.2, -0.15) is 0 Å². The first kappa shape index (κ1) is 21.3. The van der Waals surface area contributed by atoms with Crippen molar-refractivity contribution < 1.29 is 23.5 Å². The van der Waals surface area contributed by atoms with Crippen molar-refractivity contribution in [2.45, 2.75) is 20.0 Å². The number of amides is 2. The van der Waals surface area contributed by atoms with Crippen LogP contribution < -0.4 is 20.1 Å². The van der Waals surface area contributed by atoms with E-state index in [1.807, 2.05) is 12.1 Å². The third kappa shape index (κ3) is 5.33. The molecule has 3 rings (SSSR count). The lowest BCUT2D eigenvalue weighted by molar-refractivity contribution is -0.115. The quantitative estimate of drug-likeness (QED) is 0.519. The van der Waals surface area contributed by atoms with Crippen LogP contribution in [0.5, 0.6) is 11.5 Å². The monoisotopic (exact) mass is 428 g/mol. The van der Waals surface area contributed by atoms with Gasteiger partial charge >= 0.3 is 0 Å². The van der Waals surface area contributed by atoms with Gasteiger partial charge in [-0.3, -0.25) is 9.59 Å². The van der Waals surface area contributed by atoms with Crippen LogP contribution in [0.4, 0.5) is 11.4 Å². The summed E-state index contributed by atoms with van der Waals surface area (Å²) in [7, 11) is 1.56. The van der Waals surface area contributed by atoms with Crippen LogP contribution in [0.2, 0.25) is 5.02 Å². The largest absolute Gasteiger partial charge is 0.493 e. The van der Waals surface area contributed by atoms with Crippen LogP contribution in [0.15, 0.2) is 59.0 Å². The minimum atomic E-state index is -0.473. The van der Waals surface area contributed by atoms with Gasteiger partial charge in [-0.25, -0.2) is 0 Å². The zero-order chi connectivity index (χ0) is 21.5. The first-order valence-electron chi connectivity index (χ1n) is 9.25. The van der Waals surface area contributed by atoms with E-state index in [1.165, 1.54) is 0 Å². The Balaban J connectivity index is 1.65. The summed E-state index contributed by atoms with van der Waals surface area (Å²) in [6.07, 6.45) is 0.344. The number of methoxy groups -OCH3 is 1. The number of carbonyl (C=O) groups is 2.